The molecule has 1 aliphatic heterocycles. The van der Waals surface area contributed by atoms with Crippen LogP contribution in [-0.2, 0) is 9.84 Å². The van der Waals surface area contributed by atoms with E-state index in [0.29, 0.717) is 17.8 Å². The zero-order valence-electron chi connectivity index (χ0n) is 21.4. The van der Waals surface area contributed by atoms with Crippen LogP contribution in [0.3, 0.4) is 0 Å². The highest BCUT2D eigenvalue weighted by atomic mass is 32.2. The van der Waals surface area contributed by atoms with Gasteiger partial charge in [0.1, 0.15) is 9.84 Å². The molecule has 2 aromatic heterocycles. The molecule has 3 heterocycles. The van der Waals surface area contributed by atoms with Gasteiger partial charge in [-0.2, -0.15) is 5.10 Å². The fraction of sp³-hybridized carbons (Fsp3) is 0.571. The third-order valence-corrected chi connectivity index (χ3v) is 10.8. The SMILES string of the molecule is COc1cc(-n2ncc3cc(C4C[C@@H]5CN(C6CCC(S(C)(=O)=O)CC6)C[C@@H]5C4)c(C)cc32)ccn1. The summed E-state index contributed by atoms with van der Waals surface area (Å²) in [5, 5.41) is 5.73. The number of aromatic nitrogens is 3. The third-order valence-electron chi connectivity index (χ3n) is 9.11. The van der Waals surface area contributed by atoms with E-state index < -0.39 is 9.84 Å². The van der Waals surface area contributed by atoms with Crippen molar-refractivity contribution in [1.29, 1.82) is 0 Å². The molecule has 1 aromatic carbocycles. The Balaban J connectivity index is 1.14. The van der Waals surface area contributed by atoms with Crippen molar-refractivity contribution in [3.05, 3.63) is 47.8 Å². The van der Waals surface area contributed by atoms with Crippen LogP contribution in [-0.4, -0.2) is 65.8 Å². The van der Waals surface area contributed by atoms with Crippen molar-refractivity contribution in [3.8, 4) is 11.6 Å². The summed E-state index contributed by atoms with van der Waals surface area (Å²) in [7, 11) is -1.27. The average Bonchev–Trinajstić information content (AvgIpc) is 3.56. The Morgan fingerprint density at radius 3 is 2.42 bits per heavy atom. The number of nitrogens with zero attached hydrogens (tertiary/aromatic N) is 4. The van der Waals surface area contributed by atoms with Gasteiger partial charge in [0.15, 0.2) is 0 Å². The van der Waals surface area contributed by atoms with Gasteiger partial charge < -0.3 is 4.74 Å². The molecule has 3 atom stereocenters. The van der Waals surface area contributed by atoms with E-state index in [1.165, 1.54) is 48.7 Å². The number of likely N-dealkylation sites (tertiary alicyclic amines) is 1. The van der Waals surface area contributed by atoms with Crippen molar-refractivity contribution < 1.29 is 13.2 Å². The zero-order valence-corrected chi connectivity index (χ0v) is 22.2. The first kappa shape index (κ1) is 23.9. The van der Waals surface area contributed by atoms with Crippen LogP contribution in [0.1, 0.15) is 55.6 Å². The molecule has 7 nitrogen and oxygen atoms in total. The van der Waals surface area contributed by atoms with Crippen LogP contribution in [0.2, 0.25) is 0 Å². The van der Waals surface area contributed by atoms with Gasteiger partial charge in [0.25, 0.3) is 0 Å². The number of hydrogen-bond donors (Lipinski definition) is 0. The summed E-state index contributed by atoms with van der Waals surface area (Å²) in [5.41, 5.74) is 4.87. The lowest BCUT2D eigenvalue weighted by Crippen LogP contribution is -2.39. The summed E-state index contributed by atoms with van der Waals surface area (Å²) >= 11 is 0. The number of pyridine rings is 1. The molecule has 2 aliphatic carbocycles. The summed E-state index contributed by atoms with van der Waals surface area (Å²) in [6.07, 6.45) is 11.3. The summed E-state index contributed by atoms with van der Waals surface area (Å²) in [6.45, 7) is 4.59. The predicted octanol–water partition coefficient (Wildman–Crippen LogP) is 4.52. The van der Waals surface area contributed by atoms with Crippen LogP contribution >= 0.6 is 0 Å². The molecule has 0 bridgehead atoms. The standard InChI is InChI=1S/C28H36N4O3S/c1-18-10-27-20(15-30-32(27)24-8-9-29-28(14-24)35-2)13-26(18)19-11-21-16-31(17-22(21)12-19)23-4-6-25(7-5-23)36(3,33)34/h8-10,13-15,19,21-23,25H,4-7,11-12,16-17H2,1-3H3/t19?,21-,22+,23?,25?. The van der Waals surface area contributed by atoms with Gasteiger partial charge in [0.05, 0.1) is 29.8 Å². The third kappa shape index (κ3) is 4.32. The first-order chi connectivity index (χ1) is 17.3. The molecule has 36 heavy (non-hydrogen) atoms. The number of hydrogen-bond acceptors (Lipinski definition) is 6. The van der Waals surface area contributed by atoms with E-state index >= 15 is 0 Å². The number of ether oxygens (including phenoxy) is 1. The highest BCUT2D eigenvalue weighted by molar-refractivity contribution is 7.91. The van der Waals surface area contributed by atoms with Crippen molar-refractivity contribution in [2.75, 3.05) is 26.5 Å². The topological polar surface area (TPSA) is 77.3 Å². The molecule has 1 saturated heterocycles. The molecular weight excluding hydrogens is 472 g/mol. The van der Waals surface area contributed by atoms with E-state index in [0.717, 1.165) is 48.7 Å². The quantitative estimate of drug-likeness (QED) is 0.504. The Hall–Kier alpha value is -2.45. The number of sulfone groups is 1. The Kier molecular flexibility index (Phi) is 6.07. The zero-order chi connectivity index (χ0) is 25.0. The minimum atomic E-state index is -2.90. The first-order valence-corrected chi connectivity index (χ1v) is 15.2. The van der Waals surface area contributed by atoms with E-state index in [4.69, 9.17) is 4.74 Å². The van der Waals surface area contributed by atoms with Crippen molar-refractivity contribution in [2.45, 2.75) is 62.7 Å². The van der Waals surface area contributed by atoms with Gasteiger partial charge in [-0.1, -0.05) is 0 Å². The van der Waals surface area contributed by atoms with Crippen molar-refractivity contribution in [1.82, 2.24) is 19.7 Å². The molecule has 0 radical (unpaired) electrons. The van der Waals surface area contributed by atoms with Gasteiger partial charge in [-0.05, 0) is 92.5 Å². The molecule has 0 spiro atoms. The Bertz CT molecular complexity index is 1360. The number of benzene rings is 1. The summed E-state index contributed by atoms with van der Waals surface area (Å²) in [5.74, 6) is 2.70. The molecule has 0 amide bonds. The van der Waals surface area contributed by atoms with Crippen molar-refractivity contribution in [3.63, 3.8) is 0 Å². The summed E-state index contributed by atoms with van der Waals surface area (Å²) in [6, 6.07) is 9.08. The Labute approximate surface area is 213 Å². The van der Waals surface area contributed by atoms with Gasteiger partial charge in [0, 0.05) is 43.0 Å². The van der Waals surface area contributed by atoms with Gasteiger partial charge in [-0.25, -0.2) is 18.1 Å². The van der Waals surface area contributed by atoms with Crippen molar-refractivity contribution in [2.24, 2.45) is 11.8 Å². The summed E-state index contributed by atoms with van der Waals surface area (Å²) in [4.78, 5) is 6.90. The Morgan fingerprint density at radius 1 is 1.03 bits per heavy atom. The van der Waals surface area contributed by atoms with E-state index in [1.54, 1.807) is 13.3 Å². The minimum Gasteiger partial charge on any atom is -0.481 e. The second-order valence-corrected chi connectivity index (χ2v) is 13.6. The fourth-order valence-corrected chi connectivity index (χ4v) is 8.34. The maximum absolute atomic E-state index is 11.9. The number of rotatable bonds is 5. The lowest BCUT2D eigenvalue weighted by Gasteiger charge is -2.34. The molecule has 3 aromatic rings. The largest absolute Gasteiger partial charge is 0.481 e. The highest BCUT2D eigenvalue weighted by Crippen LogP contribution is 2.48. The molecule has 0 N–H and O–H groups in total. The van der Waals surface area contributed by atoms with Crippen LogP contribution in [0.4, 0.5) is 0 Å². The fourth-order valence-electron chi connectivity index (χ4n) is 7.21. The van der Waals surface area contributed by atoms with Crippen LogP contribution in [0.5, 0.6) is 5.88 Å². The predicted molar refractivity (Wildman–Crippen MR) is 142 cm³/mol. The highest BCUT2D eigenvalue weighted by Gasteiger charge is 2.44. The maximum Gasteiger partial charge on any atom is 0.215 e. The molecule has 8 heteroatoms. The molecular formula is C28H36N4O3S. The second kappa shape index (κ2) is 9.14. The number of methoxy groups -OCH3 is 1. The van der Waals surface area contributed by atoms with E-state index in [1.807, 2.05) is 23.0 Å². The van der Waals surface area contributed by atoms with Crippen LogP contribution < -0.4 is 4.74 Å². The normalized spacial score (nSPS) is 29.0. The van der Waals surface area contributed by atoms with Crippen LogP contribution in [0, 0.1) is 18.8 Å². The molecule has 3 fully saturated rings. The van der Waals surface area contributed by atoms with Gasteiger partial charge in [-0.3, -0.25) is 4.90 Å². The second-order valence-electron chi connectivity index (χ2n) is 11.3. The lowest BCUT2D eigenvalue weighted by atomic mass is 9.90. The minimum absolute atomic E-state index is 0.122. The van der Waals surface area contributed by atoms with E-state index in [-0.39, 0.29) is 5.25 Å². The number of fused-ring (bicyclic) bond motifs is 2. The average molecular weight is 509 g/mol. The van der Waals surface area contributed by atoms with Crippen LogP contribution in [0.25, 0.3) is 16.6 Å². The molecule has 1 unspecified atom stereocenters. The summed E-state index contributed by atoms with van der Waals surface area (Å²) < 4.78 is 31.1. The first-order valence-electron chi connectivity index (χ1n) is 13.2. The number of aryl methyl sites for hydroxylation is 1. The van der Waals surface area contributed by atoms with Gasteiger partial charge in [0.2, 0.25) is 5.88 Å². The molecule has 2 saturated carbocycles. The van der Waals surface area contributed by atoms with Gasteiger partial charge in [-0.15, -0.1) is 0 Å². The Morgan fingerprint density at radius 2 is 1.75 bits per heavy atom. The van der Waals surface area contributed by atoms with Gasteiger partial charge >= 0.3 is 0 Å². The van der Waals surface area contributed by atoms with E-state index in [2.05, 4.69) is 34.0 Å². The molecule has 192 valence electrons. The monoisotopic (exact) mass is 508 g/mol. The molecule has 6 rings (SSSR count). The smallest absolute Gasteiger partial charge is 0.215 e. The molecule has 3 aliphatic rings. The van der Waals surface area contributed by atoms with Crippen LogP contribution in [0.15, 0.2) is 36.7 Å². The lowest BCUT2D eigenvalue weighted by molar-refractivity contribution is 0.178. The maximum atomic E-state index is 11.9. The van der Waals surface area contributed by atoms with Crippen molar-refractivity contribution >= 4 is 20.7 Å². The van der Waals surface area contributed by atoms with E-state index in [9.17, 15) is 8.42 Å².